The molecule has 0 radical (unpaired) electrons. The first kappa shape index (κ1) is 22.1. The summed E-state index contributed by atoms with van der Waals surface area (Å²) in [6, 6.07) is 22.2. The van der Waals surface area contributed by atoms with Gasteiger partial charge in [0.2, 0.25) is 0 Å². The lowest BCUT2D eigenvalue weighted by Crippen LogP contribution is -2.29. The van der Waals surface area contributed by atoms with Crippen molar-refractivity contribution in [1.29, 1.82) is 0 Å². The van der Waals surface area contributed by atoms with E-state index < -0.39 is 17.7 Å². The molecule has 1 unspecified atom stereocenters. The molecular formula is C27H25NO5. The minimum Gasteiger partial charge on any atom is -0.507 e. The van der Waals surface area contributed by atoms with Crippen LogP contribution in [0.3, 0.4) is 0 Å². The molecule has 1 heterocycles. The van der Waals surface area contributed by atoms with Gasteiger partial charge in [-0.3, -0.25) is 14.5 Å². The smallest absolute Gasteiger partial charge is 0.300 e. The van der Waals surface area contributed by atoms with Crippen molar-refractivity contribution in [3.63, 3.8) is 0 Å². The van der Waals surface area contributed by atoms with E-state index in [2.05, 4.69) is 0 Å². The number of carbonyl (C=O) groups is 2. The Morgan fingerprint density at radius 3 is 2.18 bits per heavy atom. The van der Waals surface area contributed by atoms with Crippen LogP contribution in [0.4, 0.5) is 5.69 Å². The third-order valence-electron chi connectivity index (χ3n) is 5.41. The van der Waals surface area contributed by atoms with Gasteiger partial charge >= 0.3 is 0 Å². The summed E-state index contributed by atoms with van der Waals surface area (Å²) in [4.78, 5) is 27.9. The molecule has 0 bridgehead atoms. The van der Waals surface area contributed by atoms with Crippen LogP contribution in [0.15, 0.2) is 84.4 Å². The summed E-state index contributed by atoms with van der Waals surface area (Å²) in [5.41, 5.74) is 1.69. The van der Waals surface area contributed by atoms with E-state index in [1.165, 1.54) is 4.90 Å². The number of anilines is 1. The van der Waals surface area contributed by atoms with E-state index in [1.807, 2.05) is 19.9 Å². The van der Waals surface area contributed by atoms with Gasteiger partial charge in [-0.1, -0.05) is 48.5 Å². The lowest BCUT2D eigenvalue weighted by molar-refractivity contribution is -0.132. The molecule has 1 aliphatic rings. The number of carbonyl (C=O) groups excluding carboxylic acids is 2. The summed E-state index contributed by atoms with van der Waals surface area (Å²) in [6.07, 6.45) is 0. The number of nitrogens with zero attached hydrogens (tertiary/aromatic N) is 1. The molecule has 3 aromatic carbocycles. The number of aliphatic hydroxyl groups excluding tert-OH is 1. The molecule has 33 heavy (non-hydrogen) atoms. The molecule has 1 amide bonds. The van der Waals surface area contributed by atoms with Crippen molar-refractivity contribution in [2.75, 3.05) is 18.1 Å². The molecule has 1 N–H and O–H groups in total. The van der Waals surface area contributed by atoms with E-state index in [9.17, 15) is 14.7 Å². The molecule has 1 fully saturated rings. The van der Waals surface area contributed by atoms with Gasteiger partial charge in [0.1, 0.15) is 17.3 Å². The van der Waals surface area contributed by atoms with Crippen LogP contribution in [-0.4, -0.2) is 30.0 Å². The fraction of sp³-hybridized carbons (Fsp3) is 0.185. The van der Waals surface area contributed by atoms with Gasteiger partial charge in [0.15, 0.2) is 0 Å². The highest BCUT2D eigenvalue weighted by Crippen LogP contribution is 2.43. The van der Waals surface area contributed by atoms with Gasteiger partial charge < -0.3 is 14.6 Å². The van der Waals surface area contributed by atoms with Crippen LogP contribution in [0, 0.1) is 0 Å². The molecule has 4 rings (SSSR count). The lowest BCUT2D eigenvalue weighted by Gasteiger charge is -2.26. The highest BCUT2D eigenvalue weighted by atomic mass is 16.5. The topological polar surface area (TPSA) is 76.1 Å². The van der Waals surface area contributed by atoms with Crippen molar-refractivity contribution in [1.82, 2.24) is 0 Å². The number of hydrogen-bond acceptors (Lipinski definition) is 5. The quantitative estimate of drug-likeness (QED) is 0.312. The van der Waals surface area contributed by atoms with Gasteiger partial charge in [0, 0.05) is 17.3 Å². The Bertz CT molecular complexity index is 1180. The number of Topliss-reactive ketones (excluding diaryl/α,β-unsaturated/α-hetero) is 1. The van der Waals surface area contributed by atoms with Gasteiger partial charge in [-0.15, -0.1) is 0 Å². The average molecular weight is 443 g/mol. The number of benzene rings is 3. The zero-order valence-corrected chi connectivity index (χ0v) is 18.5. The lowest BCUT2D eigenvalue weighted by atomic mass is 9.95. The van der Waals surface area contributed by atoms with Gasteiger partial charge in [-0.2, -0.15) is 0 Å². The second-order valence-electron chi connectivity index (χ2n) is 7.47. The number of rotatable bonds is 7. The first-order chi connectivity index (χ1) is 16.0. The van der Waals surface area contributed by atoms with E-state index in [0.717, 1.165) is 0 Å². The fourth-order valence-electron chi connectivity index (χ4n) is 3.97. The first-order valence-electron chi connectivity index (χ1n) is 10.9. The maximum absolute atomic E-state index is 13.2. The number of amides is 1. The third kappa shape index (κ3) is 4.32. The van der Waals surface area contributed by atoms with Gasteiger partial charge in [0.05, 0.1) is 24.8 Å². The zero-order valence-electron chi connectivity index (χ0n) is 18.5. The van der Waals surface area contributed by atoms with Crippen LogP contribution in [-0.2, 0) is 9.59 Å². The molecule has 6 nitrogen and oxygen atoms in total. The van der Waals surface area contributed by atoms with E-state index in [0.29, 0.717) is 41.5 Å². The van der Waals surface area contributed by atoms with Gasteiger partial charge in [-0.25, -0.2) is 0 Å². The highest BCUT2D eigenvalue weighted by molar-refractivity contribution is 6.51. The molecule has 1 saturated heterocycles. The minimum absolute atomic E-state index is 0.0390. The molecule has 3 aromatic rings. The zero-order chi connectivity index (χ0) is 23.4. The van der Waals surface area contributed by atoms with Crippen LogP contribution >= 0.6 is 0 Å². The summed E-state index contributed by atoms with van der Waals surface area (Å²) in [6.45, 7) is 4.77. The van der Waals surface area contributed by atoms with Crippen LogP contribution in [0.2, 0.25) is 0 Å². The van der Waals surface area contributed by atoms with Crippen molar-refractivity contribution >= 4 is 23.1 Å². The minimum atomic E-state index is -0.808. The van der Waals surface area contributed by atoms with E-state index in [4.69, 9.17) is 9.47 Å². The molecule has 1 atom stereocenters. The standard InChI is InChI=1S/C27H25NO5/c1-3-32-21-15-13-18(14-16-21)24-23(25(29)19-9-6-5-7-10-19)26(30)27(31)28(24)20-11-8-12-22(17-20)33-4-2/h5-17,24,29H,3-4H2,1-2H3/b25-23+. The first-order valence-corrected chi connectivity index (χ1v) is 10.9. The summed E-state index contributed by atoms with van der Waals surface area (Å²) in [5, 5.41) is 11.1. The second kappa shape index (κ2) is 9.61. The molecule has 0 aliphatic carbocycles. The Hall–Kier alpha value is -4.06. The number of ether oxygens (including phenoxy) is 2. The predicted octanol–water partition coefficient (Wildman–Crippen LogP) is 5.11. The van der Waals surface area contributed by atoms with Crippen molar-refractivity contribution in [2.45, 2.75) is 19.9 Å². The van der Waals surface area contributed by atoms with E-state index in [1.54, 1.807) is 72.8 Å². The molecular weight excluding hydrogens is 418 g/mol. The Morgan fingerprint density at radius 2 is 1.52 bits per heavy atom. The predicted molar refractivity (Wildman–Crippen MR) is 126 cm³/mol. The van der Waals surface area contributed by atoms with Crippen molar-refractivity contribution in [3.05, 3.63) is 95.6 Å². The molecule has 0 spiro atoms. The summed E-state index contributed by atoms with van der Waals surface area (Å²) in [5.74, 6) is -0.390. The normalized spacial score (nSPS) is 17.3. The molecule has 0 saturated carbocycles. The van der Waals surface area contributed by atoms with Crippen molar-refractivity contribution in [3.8, 4) is 11.5 Å². The molecule has 6 heteroatoms. The van der Waals surface area contributed by atoms with Crippen LogP contribution in [0.5, 0.6) is 11.5 Å². The summed E-state index contributed by atoms with van der Waals surface area (Å²) < 4.78 is 11.1. The maximum atomic E-state index is 13.2. The largest absolute Gasteiger partial charge is 0.507 e. The monoisotopic (exact) mass is 443 g/mol. The number of aliphatic hydroxyl groups is 1. The molecule has 168 valence electrons. The summed E-state index contributed by atoms with van der Waals surface area (Å²) >= 11 is 0. The Labute approximate surface area is 192 Å². The van der Waals surface area contributed by atoms with Crippen LogP contribution in [0.25, 0.3) is 5.76 Å². The van der Waals surface area contributed by atoms with Gasteiger partial charge in [-0.05, 0) is 43.7 Å². The second-order valence-corrected chi connectivity index (χ2v) is 7.47. The Balaban J connectivity index is 1.89. The average Bonchev–Trinajstić information content (AvgIpc) is 3.11. The van der Waals surface area contributed by atoms with Crippen LogP contribution in [0.1, 0.15) is 31.0 Å². The van der Waals surface area contributed by atoms with Crippen molar-refractivity contribution in [2.24, 2.45) is 0 Å². The number of ketones is 1. The molecule has 1 aliphatic heterocycles. The number of hydrogen-bond donors (Lipinski definition) is 1. The third-order valence-corrected chi connectivity index (χ3v) is 5.41. The Kier molecular flexibility index (Phi) is 6.45. The Morgan fingerprint density at radius 1 is 0.848 bits per heavy atom. The SMILES string of the molecule is CCOc1ccc(C2/C(=C(\O)c3ccccc3)C(=O)C(=O)N2c2cccc(OCC)c2)cc1. The highest BCUT2D eigenvalue weighted by Gasteiger charge is 2.47. The van der Waals surface area contributed by atoms with Gasteiger partial charge in [0.25, 0.3) is 11.7 Å². The summed E-state index contributed by atoms with van der Waals surface area (Å²) in [7, 11) is 0. The fourth-order valence-corrected chi connectivity index (χ4v) is 3.97. The van der Waals surface area contributed by atoms with Crippen molar-refractivity contribution < 1.29 is 24.2 Å². The van der Waals surface area contributed by atoms with E-state index in [-0.39, 0.29) is 11.3 Å². The van der Waals surface area contributed by atoms with Crippen LogP contribution < -0.4 is 14.4 Å². The van der Waals surface area contributed by atoms with E-state index >= 15 is 0 Å². The molecule has 0 aromatic heterocycles. The maximum Gasteiger partial charge on any atom is 0.300 e.